The summed E-state index contributed by atoms with van der Waals surface area (Å²) in [6, 6.07) is 21.6. The molecule has 0 amide bonds. The standard InChI is InChI=1S/C24H20N4OS/c1-2-16-28-23(21-12-14-25-15-13-21)26-27-24(28)30-17-22(29)20-10-8-19(9-11-20)18-6-4-3-5-7-18/h2-15H,1,16-17H2. The number of hydrogen-bond acceptors (Lipinski definition) is 5. The van der Waals surface area contributed by atoms with Crippen LogP contribution in [0.25, 0.3) is 22.5 Å². The number of carbonyl (C=O) groups excluding carboxylic acids is 1. The molecule has 2 heterocycles. The lowest BCUT2D eigenvalue weighted by Gasteiger charge is -2.08. The number of benzene rings is 2. The van der Waals surface area contributed by atoms with Crippen LogP contribution >= 0.6 is 11.8 Å². The van der Waals surface area contributed by atoms with Crippen LogP contribution in [0, 0.1) is 0 Å². The van der Waals surface area contributed by atoms with Gasteiger partial charge in [0, 0.05) is 30.1 Å². The normalized spacial score (nSPS) is 10.7. The van der Waals surface area contributed by atoms with Gasteiger partial charge in [-0.05, 0) is 23.3 Å². The molecule has 0 unspecified atom stereocenters. The maximum absolute atomic E-state index is 12.7. The average molecular weight is 413 g/mol. The second-order valence-corrected chi connectivity index (χ2v) is 7.54. The first-order valence-electron chi connectivity index (χ1n) is 9.52. The molecule has 2 aromatic carbocycles. The van der Waals surface area contributed by atoms with Gasteiger partial charge in [-0.15, -0.1) is 16.8 Å². The SMILES string of the molecule is C=CCn1c(SCC(=O)c2ccc(-c3ccccc3)cc2)nnc1-c1ccncc1. The number of Topliss-reactive ketones (excluding diaryl/α,β-unsaturated/α-hetero) is 1. The van der Waals surface area contributed by atoms with Crippen molar-refractivity contribution in [3.05, 3.63) is 97.3 Å². The van der Waals surface area contributed by atoms with Crippen LogP contribution in [0.15, 0.2) is 96.9 Å². The van der Waals surface area contributed by atoms with Crippen LogP contribution in [0.1, 0.15) is 10.4 Å². The Morgan fingerprint density at radius 1 is 0.900 bits per heavy atom. The van der Waals surface area contributed by atoms with Gasteiger partial charge in [0.15, 0.2) is 16.8 Å². The van der Waals surface area contributed by atoms with Crippen LogP contribution in [-0.4, -0.2) is 31.3 Å². The number of pyridine rings is 1. The molecule has 0 saturated carbocycles. The van der Waals surface area contributed by atoms with E-state index in [0.29, 0.717) is 17.3 Å². The van der Waals surface area contributed by atoms with Crippen LogP contribution in [-0.2, 0) is 6.54 Å². The van der Waals surface area contributed by atoms with E-state index in [9.17, 15) is 4.79 Å². The Kier molecular flexibility index (Phi) is 6.15. The van der Waals surface area contributed by atoms with E-state index in [2.05, 4.69) is 33.9 Å². The number of aromatic nitrogens is 4. The number of thioether (sulfide) groups is 1. The monoisotopic (exact) mass is 412 g/mol. The summed E-state index contributed by atoms with van der Waals surface area (Å²) < 4.78 is 1.96. The zero-order valence-electron chi connectivity index (χ0n) is 16.3. The van der Waals surface area contributed by atoms with Crippen molar-refractivity contribution in [2.75, 3.05) is 5.75 Å². The Bertz CT molecular complexity index is 1140. The molecule has 0 bridgehead atoms. The van der Waals surface area contributed by atoms with Gasteiger partial charge < -0.3 is 0 Å². The molecular formula is C24H20N4OS. The van der Waals surface area contributed by atoms with E-state index in [-0.39, 0.29) is 11.5 Å². The van der Waals surface area contributed by atoms with Crippen molar-refractivity contribution >= 4 is 17.5 Å². The quantitative estimate of drug-likeness (QED) is 0.227. The average Bonchev–Trinajstić information content (AvgIpc) is 3.21. The second-order valence-electron chi connectivity index (χ2n) is 6.60. The summed E-state index contributed by atoms with van der Waals surface area (Å²) in [4.78, 5) is 16.7. The van der Waals surface area contributed by atoms with Crippen LogP contribution in [0.2, 0.25) is 0 Å². The Hall–Kier alpha value is -3.51. The third kappa shape index (κ3) is 4.39. The summed E-state index contributed by atoms with van der Waals surface area (Å²) in [7, 11) is 0. The Balaban J connectivity index is 1.47. The van der Waals surface area contributed by atoms with Crippen molar-refractivity contribution in [1.29, 1.82) is 0 Å². The largest absolute Gasteiger partial charge is 0.298 e. The molecule has 0 radical (unpaired) electrons. The summed E-state index contributed by atoms with van der Waals surface area (Å²) in [6.07, 6.45) is 5.23. The van der Waals surface area contributed by atoms with E-state index >= 15 is 0 Å². The van der Waals surface area contributed by atoms with Crippen molar-refractivity contribution in [1.82, 2.24) is 19.7 Å². The Labute approximate surface area is 179 Å². The highest BCUT2D eigenvalue weighted by molar-refractivity contribution is 7.99. The van der Waals surface area contributed by atoms with Gasteiger partial charge in [-0.1, -0.05) is 72.4 Å². The molecule has 0 N–H and O–H groups in total. The van der Waals surface area contributed by atoms with Crippen molar-refractivity contribution in [2.24, 2.45) is 0 Å². The minimum atomic E-state index is 0.0539. The summed E-state index contributed by atoms with van der Waals surface area (Å²) in [5.74, 6) is 1.08. The number of nitrogens with zero attached hydrogens (tertiary/aromatic N) is 4. The van der Waals surface area contributed by atoms with Crippen molar-refractivity contribution in [3.8, 4) is 22.5 Å². The highest BCUT2D eigenvalue weighted by Gasteiger charge is 2.15. The van der Waals surface area contributed by atoms with Crippen molar-refractivity contribution < 1.29 is 4.79 Å². The molecule has 0 atom stereocenters. The summed E-state index contributed by atoms with van der Waals surface area (Å²) in [6.45, 7) is 4.38. The fraction of sp³-hybridized carbons (Fsp3) is 0.0833. The molecular weight excluding hydrogens is 392 g/mol. The van der Waals surface area contributed by atoms with E-state index in [0.717, 1.165) is 22.5 Å². The van der Waals surface area contributed by atoms with Crippen LogP contribution < -0.4 is 0 Å². The summed E-state index contributed by atoms with van der Waals surface area (Å²) >= 11 is 1.38. The van der Waals surface area contributed by atoms with Crippen molar-refractivity contribution in [2.45, 2.75) is 11.7 Å². The third-order valence-corrected chi connectivity index (χ3v) is 5.58. The van der Waals surface area contributed by atoms with Gasteiger partial charge in [0.25, 0.3) is 0 Å². The molecule has 0 aliphatic carbocycles. The third-order valence-electron chi connectivity index (χ3n) is 4.61. The van der Waals surface area contributed by atoms with E-state index < -0.39 is 0 Å². The van der Waals surface area contributed by atoms with E-state index in [4.69, 9.17) is 0 Å². The fourth-order valence-corrected chi connectivity index (χ4v) is 3.94. The zero-order valence-corrected chi connectivity index (χ0v) is 17.1. The van der Waals surface area contributed by atoms with E-state index in [1.54, 1.807) is 18.5 Å². The number of carbonyl (C=O) groups is 1. The first-order valence-corrected chi connectivity index (χ1v) is 10.5. The molecule has 0 aliphatic rings. The molecule has 30 heavy (non-hydrogen) atoms. The molecule has 6 heteroatoms. The lowest BCUT2D eigenvalue weighted by Crippen LogP contribution is -2.05. The fourth-order valence-electron chi connectivity index (χ4n) is 3.10. The predicted molar refractivity (Wildman–Crippen MR) is 120 cm³/mol. The Morgan fingerprint density at radius 2 is 1.60 bits per heavy atom. The Morgan fingerprint density at radius 3 is 2.30 bits per heavy atom. The van der Waals surface area contributed by atoms with Crippen LogP contribution in [0.5, 0.6) is 0 Å². The van der Waals surface area contributed by atoms with Gasteiger partial charge in [-0.2, -0.15) is 0 Å². The number of allylic oxidation sites excluding steroid dienone is 1. The number of rotatable bonds is 8. The number of hydrogen-bond donors (Lipinski definition) is 0. The summed E-state index contributed by atoms with van der Waals surface area (Å²) in [5, 5.41) is 9.28. The first-order chi connectivity index (χ1) is 14.8. The van der Waals surface area contributed by atoms with Crippen LogP contribution in [0.4, 0.5) is 0 Å². The molecule has 148 valence electrons. The minimum absolute atomic E-state index is 0.0539. The van der Waals surface area contributed by atoms with Gasteiger partial charge in [-0.25, -0.2) is 0 Å². The maximum Gasteiger partial charge on any atom is 0.192 e. The van der Waals surface area contributed by atoms with Gasteiger partial charge in [0.1, 0.15) is 0 Å². The molecule has 4 rings (SSSR count). The lowest BCUT2D eigenvalue weighted by molar-refractivity contribution is 0.102. The maximum atomic E-state index is 12.7. The second kappa shape index (κ2) is 9.33. The highest BCUT2D eigenvalue weighted by Crippen LogP contribution is 2.25. The van der Waals surface area contributed by atoms with Crippen LogP contribution in [0.3, 0.4) is 0 Å². The predicted octanol–water partition coefficient (Wildman–Crippen LogP) is 5.17. The van der Waals surface area contributed by atoms with E-state index in [1.807, 2.05) is 59.2 Å². The van der Waals surface area contributed by atoms with Crippen molar-refractivity contribution in [3.63, 3.8) is 0 Å². The molecule has 0 saturated heterocycles. The lowest BCUT2D eigenvalue weighted by atomic mass is 10.0. The molecule has 2 aromatic heterocycles. The molecule has 0 aliphatic heterocycles. The minimum Gasteiger partial charge on any atom is -0.298 e. The molecule has 0 fully saturated rings. The molecule has 5 nitrogen and oxygen atoms in total. The van der Waals surface area contributed by atoms with Gasteiger partial charge in [-0.3, -0.25) is 14.3 Å². The van der Waals surface area contributed by atoms with Gasteiger partial charge in [0.05, 0.1) is 5.75 Å². The van der Waals surface area contributed by atoms with E-state index in [1.165, 1.54) is 11.8 Å². The highest BCUT2D eigenvalue weighted by atomic mass is 32.2. The van der Waals surface area contributed by atoms with Gasteiger partial charge in [0.2, 0.25) is 0 Å². The number of ketones is 1. The van der Waals surface area contributed by atoms with Gasteiger partial charge >= 0.3 is 0 Å². The first kappa shape index (κ1) is 19.8. The zero-order chi connectivity index (χ0) is 20.8. The smallest absolute Gasteiger partial charge is 0.192 e. The topological polar surface area (TPSA) is 60.7 Å². The molecule has 4 aromatic rings. The summed E-state index contributed by atoms with van der Waals surface area (Å²) in [5.41, 5.74) is 3.83. The molecule has 0 spiro atoms.